The zero-order chi connectivity index (χ0) is 24.6. The van der Waals surface area contributed by atoms with Gasteiger partial charge in [0, 0.05) is 10.7 Å². The van der Waals surface area contributed by atoms with Gasteiger partial charge < -0.3 is 10.1 Å². The average Bonchev–Trinajstić information content (AvgIpc) is 3.01. The van der Waals surface area contributed by atoms with E-state index in [1.54, 1.807) is 25.1 Å². The van der Waals surface area contributed by atoms with Crippen LogP contribution in [0, 0.1) is 12.7 Å². The summed E-state index contributed by atoms with van der Waals surface area (Å²) in [5.74, 6) is -2.41. The molecule has 3 aromatic carbocycles. The van der Waals surface area contributed by atoms with E-state index in [2.05, 4.69) is 5.32 Å². The minimum atomic E-state index is -0.782. The number of hydrogen-bond acceptors (Lipinski definition) is 5. The van der Waals surface area contributed by atoms with E-state index in [4.69, 9.17) is 39.5 Å². The summed E-state index contributed by atoms with van der Waals surface area (Å²) in [6.45, 7) is 1.77. The molecule has 0 aromatic heterocycles. The first-order valence-corrected chi connectivity index (χ1v) is 10.9. The first kappa shape index (κ1) is 23.8. The van der Waals surface area contributed by atoms with Crippen LogP contribution < -0.4 is 15.0 Å². The summed E-state index contributed by atoms with van der Waals surface area (Å²) >= 11 is 17.8. The molecule has 34 heavy (non-hydrogen) atoms. The molecule has 0 spiro atoms. The Morgan fingerprint density at radius 1 is 0.941 bits per heavy atom. The van der Waals surface area contributed by atoms with Gasteiger partial charge in [-0.25, -0.2) is 14.1 Å². The smallest absolute Gasteiger partial charge is 0.343 e. The van der Waals surface area contributed by atoms with Crippen LogP contribution in [-0.2, 0) is 9.59 Å². The van der Waals surface area contributed by atoms with Gasteiger partial charge in [0.2, 0.25) is 0 Å². The number of amides is 2. The van der Waals surface area contributed by atoms with Gasteiger partial charge in [0.1, 0.15) is 22.3 Å². The van der Waals surface area contributed by atoms with E-state index in [9.17, 15) is 18.8 Å². The molecule has 6 nitrogen and oxygen atoms in total. The number of nitrogens with zero attached hydrogens (tertiary/aromatic N) is 1. The Morgan fingerprint density at radius 2 is 1.65 bits per heavy atom. The Hall–Kier alpha value is -3.39. The van der Waals surface area contributed by atoms with Crippen LogP contribution in [0.1, 0.15) is 15.9 Å². The second kappa shape index (κ2) is 9.46. The Morgan fingerprint density at radius 3 is 2.29 bits per heavy atom. The Kier molecular flexibility index (Phi) is 6.61. The molecule has 0 saturated carbocycles. The highest BCUT2D eigenvalue weighted by atomic mass is 35.5. The Bertz CT molecular complexity index is 1370. The molecule has 0 unspecified atom stereocenters. The minimum Gasteiger partial charge on any atom is -0.423 e. The molecular weight excluding hydrogens is 506 g/mol. The quantitative estimate of drug-likeness (QED) is 0.251. The van der Waals surface area contributed by atoms with E-state index < -0.39 is 23.6 Å². The number of hydrogen-bond donors (Lipinski definition) is 1. The van der Waals surface area contributed by atoms with E-state index in [0.29, 0.717) is 22.0 Å². The number of carbonyl (C=O) groups excluding carboxylic acids is 3. The fraction of sp³-hybridized carbons (Fsp3) is 0.0417. The van der Waals surface area contributed by atoms with E-state index in [1.165, 1.54) is 30.3 Å². The van der Waals surface area contributed by atoms with Crippen molar-refractivity contribution in [3.05, 3.63) is 98.4 Å². The second-order valence-electron chi connectivity index (χ2n) is 7.23. The lowest BCUT2D eigenvalue weighted by Gasteiger charge is -2.15. The molecule has 0 fully saturated rings. The number of imide groups is 1. The first-order valence-electron chi connectivity index (χ1n) is 9.74. The fourth-order valence-electron chi connectivity index (χ4n) is 3.19. The maximum atomic E-state index is 13.5. The molecule has 0 saturated heterocycles. The number of esters is 1. The SMILES string of the molecule is Cc1cc(Cl)ccc1OC(=O)c1ccc(NC2=C(Cl)C(=O)N(c3ccc(F)c(Cl)c3)C2=O)cc1. The van der Waals surface area contributed by atoms with Gasteiger partial charge in [-0.1, -0.05) is 34.8 Å². The number of ether oxygens (including phenoxy) is 1. The summed E-state index contributed by atoms with van der Waals surface area (Å²) in [7, 11) is 0. The molecule has 3 aromatic rings. The molecule has 2 amide bonds. The third-order valence-electron chi connectivity index (χ3n) is 4.92. The van der Waals surface area contributed by atoms with Gasteiger partial charge >= 0.3 is 5.97 Å². The van der Waals surface area contributed by atoms with Crippen molar-refractivity contribution in [1.29, 1.82) is 0 Å². The van der Waals surface area contributed by atoms with E-state index in [-0.39, 0.29) is 27.0 Å². The van der Waals surface area contributed by atoms with Crippen molar-refractivity contribution in [3.63, 3.8) is 0 Å². The molecule has 4 rings (SSSR count). The van der Waals surface area contributed by atoms with Crippen LogP contribution >= 0.6 is 34.8 Å². The zero-order valence-corrected chi connectivity index (χ0v) is 19.6. The topological polar surface area (TPSA) is 75.7 Å². The highest BCUT2D eigenvalue weighted by molar-refractivity contribution is 6.53. The molecule has 0 atom stereocenters. The van der Waals surface area contributed by atoms with Crippen molar-refractivity contribution in [2.45, 2.75) is 6.92 Å². The summed E-state index contributed by atoms with van der Waals surface area (Å²) in [6, 6.07) is 14.4. The number of rotatable bonds is 5. The summed E-state index contributed by atoms with van der Waals surface area (Å²) < 4.78 is 18.9. The van der Waals surface area contributed by atoms with Gasteiger partial charge in [0.05, 0.1) is 16.3 Å². The van der Waals surface area contributed by atoms with Gasteiger partial charge in [-0.05, 0) is 73.2 Å². The average molecular weight is 520 g/mol. The van der Waals surface area contributed by atoms with Crippen LogP contribution in [0.15, 0.2) is 71.4 Å². The van der Waals surface area contributed by atoms with Gasteiger partial charge in [-0.2, -0.15) is 0 Å². The first-order chi connectivity index (χ1) is 16.2. The van der Waals surface area contributed by atoms with Crippen molar-refractivity contribution < 1.29 is 23.5 Å². The maximum absolute atomic E-state index is 13.5. The van der Waals surface area contributed by atoms with Crippen molar-refractivity contribution in [1.82, 2.24) is 0 Å². The number of benzene rings is 3. The predicted molar refractivity (Wildman–Crippen MR) is 128 cm³/mol. The van der Waals surface area contributed by atoms with Gasteiger partial charge in [0.25, 0.3) is 11.8 Å². The lowest BCUT2D eigenvalue weighted by Crippen LogP contribution is -2.32. The van der Waals surface area contributed by atoms with Gasteiger partial charge in [0.15, 0.2) is 0 Å². The second-order valence-corrected chi connectivity index (χ2v) is 8.46. The van der Waals surface area contributed by atoms with Gasteiger partial charge in [-0.3, -0.25) is 9.59 Å². The van der Waals surface area contributed by atoms with E-state index in [1.807, 2.05) is 0 Å². The molecule has 10 heteroatoms. The summed E-state index contributed by atoms with van der Waals surface area (Å²) in [5, 5.41) is 2.73. The standard InChI is InChI=1S/C24H14Cl3FN2O4/c1-12-10-14(25)4-9-19(12)34-24(33)13-2-5-15(6-3-13)29-21-20(27)22(31)30(23(21)32)16-7-8-18(28)17(26)11-16/h2-11,29H,1H3. The number of halogens is 4. The van der Waals surface area contributed by atoms with Crippen molar-refractivity contribution in [3.8, 4) is 5.75 Å². The molecule has 1 aliphatic rings. The van der Waals surface area contributed by atoms with Crippen LogP contribution in [0.3, 0.4) is 0 Å². The number of carbonyl (C=O) groups is 3. The molecule has 0 bridgehead atoms. The molecular formula is C24H14Cl3FN2O4. The predicted octanol–water partition coefficient (Wildman–Crippen LogP) is 6.10. The fourth-order valence-corrected chi connectivity index (χ4v) is 3.80. The van der Waals surface area contributed by atoms with Crippen molar-refractivity contribution in [2.24, 2.45) is 0 Å². The molecule has 0 aliphatic carbocycles. The van der Waals surface area contributed by atoms with Crippen LogP contribution in [-0.4, -0.2) is 17.8 Å². The monoisotopic (exact) mass is 518 g/mol. The minimum absolute atomic E-state index is 0.0759. The van der Waals surface area contributed by atoms with Crippen LogP contribution in [0.25, 0.3) is 0 Å². The maximum Gasteiger partial charge on any atom is 0.343 e. The lowest BCUT2D eigenvalue weighted by molar-refractivity contribution is -0.120. The van der Waals surface area contributed by atoms with E-state index >= 15 is 0 Å². The van der Waals surface area contributed by atoms with Crippen molar-refractivity contribution >= 4 is 64.0 Å². The lowest BCUT2D eigenvalue weighted by atomic mass is 10.2. The number of anilines is 2. The number of nitrogens with one attached hydrogen (secondary N) is 1. The van der Waals surface area contributed by atoms with Gasteiger partial charge in [-0.15, -0.1) is 0 Å². The number of aryl methyl sites for hydroxylation is 1. The van der Waals surface area contributed by atoms with Crippen LogP contribution in [0.5, 0.6) is 5.75 Å². The third-order valence-corrected chi connectivity index (χ3v) is 5.79. The Balaban J connectivity index is 1.49. The largest absolute Gasteiger partial charge is 0.423 e. The highest BCUT2D eigenvalue weighted by Crippen LogP contribution is 2.32. The highest BCUT2D eigenvalue weighted by Gasteiger charge is 2.39. The molecule has 0 radical (unpaired) electrons. The summed E-state index contributed by atoms with van der Waals surface area (Å²) in [6.07, 6.45) is 0. The third kappa shape index (κ3) is 4.63. The molecule has 172 valence electrons. The van der Waals surface area contributed by atoms with Crippen molar-refractivity contribution in [2.75, 3.05) is 10.2 Å². The molecule has 1 aliphatic heterocycles. The summed E-state index contributed by atoms with van der Waals surface area (Å²) in [4.78, 5) is 38.6. The zero-order valence-electron chi connectivity index (χ0n) is 17.4. The normalized spacial score (nSPS) is 13.5. The molecule has 1 N–H and O–H groups in total. The molecule has 1 heterocycles. The van der Waals surface area contributed by atoms with Crippen LogP contribution in [0.4, 0.5) is 15.8 Å². The van der Waals surface area contributed by atoms with E-state index in [0.717, 1.165) is 17.0 Å². The summed E-state index contributed by atoms with van der Waals surface area (Å²) in [5.41, 5.74) is 1.27. The van der Waals surface area contributed by atoms with Crippen LogP contribution in [0.2, 0.25) is 10.0 Å². The Labute approximate surface area is 208 Å².